The Morgan fingerprint density at radius 3 is 2.14 bits per heavy atom. The second-order valence-corrected chi connectivity index (χ2v) is 5.20. The van der Waals surface area contributed by atoms with E-state index in [4.69, 9.17) is 0 Å². The maximum absolute atomic E-state index is 12.3. The van der Waals surface area contributed by atoms with Crippen LogP contribution in [0.2, 0.25) is 0 Å². The molecule has 1 aliphatic rings. The first-order valence-corrected chi connectivity index (χ1v) is 6.79. The molecule has 0 saturated carbocycles. The third kappa shape index (κ3) is 1.77. The first-order valence-electron chi connectivity index (χ1n) is 6.79. The van der Waals surface area contributed by atoms with Crippen LogP contribution in [0.3, 0.4) is 0 Å². The van der Waals surface area contributed by atoms with E-state index in [2.05, 4.69) is 9.97 Å². The number of nitrogens with one attached hydrogen (secondary N) is 2. The van der Waals surface area contributed by atoms with Crippen LogP contribution >= 0.6 is 0 Å². The topological polar surface area (TPSA) is 86.0 Å². The number of imide groups is 1. The Morgan fingerprint density at radius 1 is 0.818 bits per heavy atom. The number of rotatable bonds is 2. The van der Waals surface area contributed by atoms with Gasteiger partial charge in [0, 0.05) is 0 Å². The van der Waals surface area contributed by atoms with Gasteiger partial charge in [0.2, 0.25) is 0 Å². The number of imidazole rings is 1. The van der Waals surface area contributed by atoms with E-state index in [-0.39, 0.29) is 24.0 Å². The zero-order valence-electron chi connectivity index (χ0n) is 11.4. The first kappa shape index (κ1) is 12.6. The molecule has 6 heteroatoms. The Labute approximate surface area is 124 Å². The highest BCUT2D eigenvalue weighted by molar-refractivity contribution is 6.21. The lowest BCUT2D eigenvalue weighted by Gasteiger charge is -2.13. The summed E-state index contributed by atoms with van der Waals surface area (Å²) in [6.07, 6.45) is 0. The summed E-state index contributed by atoms with van der Waals surface area (Å²) < 4.78 is 0. The fraction of sp³-hybridized carbons (Fsp3) is 0.0625. The molecule has 22 heavy (non-hydrogen) atoms. The van der Waals surface area contributed by atoms with Crippen LogP contribution in [-0.4, -0.2) is 26.7 Å². The van der Waals surface area contributed by atoms with Gasteiger partial charge in [0.15, 0.2) is 0 Å². The molecular weight excluding hydrogens is 282 g/mol. The summed E-state index contributed by atoms with van der Waals surface area (Å²) in [5, 5.41) is 0. The van der Waals surface area contributed by atoms with Gasteiger partial charge in [0.1, 0.15) is 0 Å². The Balaban J connectivity index is 1.70. The predicted octanol–water partition coefficient (Wildman–Crippen LogP) is 1.65. The van der Waals surface area contributed by atoms with Gasteiger partial charge < -0.3 is 9.97 Å². The number of hydrogen-bond acceptors (Lipinski definition) is 3. The molecule has 2 heterocycles. The number of nitrogens with zero attached hydrogens (tertiary/aromatic N) is 1. The van der Waals surface area contributed by atoms with Crippen LogP contribution < -0.4 is 5.69 Å². The van der Waals surface area contributed by atoms with Crippen molar-refractivity contribution in [2.24, 2.45) is 0 Å². The van der Waals surface area contributed by atoms with Crippen molar-refractivity contribution in [3.8, 4) is 0 Å². The van der Waals surface area contributed by atoms with E-state index in [1.807, 2.05) is 0 Å². The summed E-state index contributed by atoms with van der Waals surface area (Å²) in [7, 11) is 0. The van der Waals surface area contributed by atoms with Crippen molar-refractivity contribution in [2.75, 3.05) is 0 Å². The highest BCUT2D eigenvalue weighted by Crippen LogP contribution is 2.24. The first-order chi connectivity index (χ1) is 10.6. The molecule has 2 N–H and O–H groups in total. The van der Waals surface area contributed by atoms with Crippen molar-refractivity contribution in [1.82, 2.24) is 14.9 Å². The lowest BCUT2D eigenvalue weighted by atomic mass is 10.1. The second kappa shape index (κ2) is 4.42. The van der Waals surface area contributed by atoms with Gasteiger partial charge in [0.25, 0.3) is 11.8 Å². The van der Waals surface area contributed by atoms with E-state index in [1.54, 1.807) is 42.5 Å². The predicted molar refractivity (Wildman–Crippen MR) is 79.6 cm³/mol. The third-order valence-electron chi connectivity index (χ3n) is 3.80. The summed E-state index contributed by atoms with van der Waals surface area (Å²) in [6.45, 7) is 0.176. The van der Waals surface area contributed by atoms with E-state index in [0.717, 1.165) is 5.56 Å². The molecule has 0 bridgehead atoms. The number of H-pyrrole nitrogens is 2. The molecule has 0 atom stereocenters. The average molecular weight is 293 g/mol. The molecule has 0 fully saturated rings. The van der Waals surface area contributed by atoms with Gasteiger partial charge in [-0.05, 0) is 29.8 Å². The molecule has 0 aliphatic carbocycles. The van der Waals surface area contributed by atoms with Crippen LogP contribution in [0.15, 0.2) is 47.3 Å². The van der Waals surface area contributed by atoms with Gasteiger partial charge in [-0.15, -0.1) is 0 Å². The number of aromatic nitrogens is 2. The maximum Gasteiger partial charge on any atom is 0.323 e. The number of benzene rings is 2. The Kier molecular flexibility index (Phi) is 2.53. The normalized spacial score (nSPS) is 13.9. The molecule has 3 aromatic rings. The summed E-state index contributed by atoms with van der Waals surface area (Å²) >= 11 is 0. The molecule has 0 unspecified atom stereocenters. The minimum absolute atomic E-state index is 0.176. The zero-order valence-corrected chi connectivity index (χ0v) is 11.4. The minimum atomic E-state index is -0.289. The summed E-state index contributed by atoms with van der Waals surface area (Å²) in [6, 6.07) is 12.1. The van der Waals surface area contributed by atoms with Crippen LogP contribution in [0.25, 0.3) is 11.0 Å². The van der Waals surface area contributed by atoms with Gasteiger partial charge in [-0.3, -0.25) is 14.5 Å². The highest BCUT2D eigenvalue weighted by Gasteiger charge is 2.34. The number of carbonyl (C=O) groups excluding carboxylic acids is 2. The summed E-state index contributed by atoms with van der Waals surface area (Å²) in [4.78, 5) is 42.4. The molecule has 0 saturated heterocycles. The largest absolute Gasteiger partial charge is 0.323 e. The van der Waals surface area contributed by atoms with Gasteiger partial charge in [0.05, 0.1) is 28.7 Å². The summed E-state index contributed by atoms with van der Waals surface area (Å²) in [5.41, 5.74) is 2.70. The van der Waals surface area contributed by atoms with Crippen LogP contribution in [0.5, 0.6) is 0 Å². The van der Waals surface area contributed by atoms with E-state index >= 15 is 0 Å². The number of carbonyl (C=O) groups is 2. The van der Waals surface area contributed by atoms with Crippen molar-refractivity contribution < 1.29 is 9.59 Å². The minimum Gasteiger partial charge on any atom is -0.306 e. The average Bonchev–Trinajstić information content (AvgIpc) is 3.00. The number of amides is 2. The standard InChI is InChI=1S/C16H11N3O3/c20-14-10-3-1-2-4-11(10)15(21)19(14)8-9-5-6-12-13(7-9)18-16(22)17-12/h1-7H,8H2,(H2,17,18,22). The van der Waals surface area contributed by atoms with Gasteiger partial charge in [-0.25, -0.2) is 4.79 Å². The van der Waals surface area contributed by atoms with Crippen molar-refractivity contribution >= 4 is 22.8 Å². The van der Waals surface area contributed by atoms with Crippen LogP contribution in [0.4, 0.5) is 0 Å². The Hall–Kier alpha value is -3.15. The molecule has 4 rings (SSSR count). The molecule has 0 radical (unpaired) electrons. The Bertz CT molecular complexity index is 948. The van der Waals surface area contributed by atoms with Crippen molar-refractivity contribution in [3.05, 3.63) is 69.6 Å². The third-order valence-corrected chi connectivity index (χ3v) is 3.80. The molecule has 1 aromatic heterocycles. The van der Waals surface area contributed by atoms with Gasteiger partial charge in [-0.2, -0.15) is 0 Å². The maximum atomic E-state index is 12.3. The molecule has 6 nitrogen and oxygen atoms in total. The van der Waals surface area contributed by atoms with Gasteiger partial charge >= 0.3 is 5.69 Å². The molecule has 0 spiro atoms. The van der Waals surface area contributed by atoms with Crippen molar-refractivity contribution in [3.63, 3.8) is 0 Å². The van der Waals surface area contributed by atoms with Crippen molar-refractivity contribution in [2.45, 2.75) is 6.54 Å². The van der Waals surface area contributed by atoms with E-state index < -0.39 is 0 Å². The number of hydrogen-bond donors (Lipinski definition) is 2. The molecule has 2 aromatic carbocycles. The van der Waals surface area contributed by atoms with Crippen LogP contribution in [0, 0.1) is 0 Å². The van der Waals surface area contributed by atoms with Crippen molar-refractivity contribution in [1.29, 1.82) is 0 Å². The molecule has 2 amide bonds. The summed E-state index contributed by atoms with van der Waals surface area (Å²) in [5.74, 6) is -0.577. The fourth-order valence-electron chi connectivity index (χ4n) is 2.74. The molecular formula is C16H11N3O3. The van der Waals surface area contributed by atoms with E-state index in [9.17, 15) is 14.4 Å². The zero-order chi connectivity index (χ0) is 15.3. The van der Waals surface area contributed by atoms with Crippen LogP contribution in [-0.2, 0) is 6.54 Å². The lowest BCUT2D eigenvalue weighted by Crippen LogP contribution is -2.29. The van der Waals surface area contributed by atoms with Crippen LogP contribution in [0.1, 0.15) is 26.3 Å². The molecule has 108 valence electrons. The monoisotopic (exact) mass is 293 g/mol. The van der Waals surface area contributed by atoms with Gasteiger partial charge in [-0.1, -0.05) is 18.2 Å². The second-order valence-electron chi connectivity index (χ2n) is 5.20. The quantitative estimate of drug-likeness (QED) is 0.704. The highest BCUT2D eigenvalue weighted by atomic mass is 16.2. The van der Waals surface area contributed by atoms with E-state index in [1.165, 1.54) is 4.90 Å². The SMILES string of the molecule is O=C1c2ccccc2C(=O)N1Cc1ccc2[nH]c(=O)[nH]c2c1. The number of aromatic amines is 2. The Morgan fingerprint density at radius 2 is 1.45 bits per heavy atom. The lowest BCUT2D eigenvalue weighted by molar-refractivity contribution is 0.0642. The van der Waals surface area contributed by atoms with E-state index in [0.29, 0.717) is 22.2 Å². The fourth-order valence-corrected chi connectivity index (χ4v) is 2.74. The smallest absolute Gasteiger partial charge is 0.306 e. The number of fused-ring (bicyclic) bond motifs is 2. The molecule has 1 aliphatic heterocycles.